The molecule has 1 aromatic rings. The van der Waals surface area contributed by atoms with Crippen molar-refractivity contribution >= 4 is 11.8 Å². The van der Waals surface area contributed by atoms with Crippen LogP contribution in [0.4, 0.5) is 5.69 Å². The molecule has 0 aliphatic carbocycles. The maximum absolute atomic E-state index is 11.0. The summed E-state index contributed by atoms with van der Waals surface area (Å²) < 4.78 is 0. The average Bonchev–Trinajstić information content (AvgIpc) is 2.35. The molecule has 0 saturated carbocycles. The number of nitrogens with zero attached hydrogens (tertiary/aromatic N) is 3. The van der Waals surface area contributed by atoms with Crippen LogP contribution in [0.5, 0.6) is 0 Å². The Morgan fingerprint density at radius 2 is 2.00 bits per heavy atom. The normalized spacial score (nSPS) is 9.39. The largest absolute Gasteiger partial charge is 0.273 e. The first-order valence-electron chi connectivity index (χ1n) is 5.29. The Morgan fingerprint density at radius 3 is 2.44 bits per heavy atom. The van der Waals surface area contributed by atoms with E-state index in [1.165, 1.54) is 12.1 Å². The van der Waals surface area contributed by atoms with Crippen molar-refractivity contribution in [3.05, 3.63) is 45.0 Å². The van der Waals surface area contributed by atoms with Crippen molar-refractivity contribution in [2.75, 3.05) is 0 Å². The molecule has 5 nitrogen and oxygen atoms in total. The molecule has 1 aromatic carbocycles. The Kier molecular flexibility index (Phi) is 4.17. The van der Waals surface area contributed by atoms with Crippen LogP contribution in [-0.4, -0.2) is 4.92 Å². The van der Waals surface area contributed by atoms with Crippen LogP contribution in [0, 0.1) is 32.8 Å². The number of hydrogen-bond acceptors (Lipinski definition) is 4. The second kappa shape index (κ2) is 5.60. The molecule has 0 saturated heterocycles. The van der Waals surface area contributed by atoms with Crippen LogP contribution in [0.3, 0.4) is 0 Å². The van der Waals surface area contributed by atoms with Crippen LogP contribution in [0.2, 0.25) is 0 Å². The fourth-order valence-corrected chi connectivity index (χ4v) is 1.55. The lowest BCUT2D eigenvalue weighted by molar-refractivity contribution is -0.385. The number of nitriles is 2. The molecule has 0 spiro atoms. The second-order valence-corrected chi connectivity index (χ2v) is 4.01. The Bertz CT molecular complexity index is 573. The van der Waals surface area contributed by atoms with E-state index in [1.54, 1.807) is 24.3 Å². The summed E-state index contributed by atoms with van der Waals surface area (Å²) in [5.74, 6) is 0.0369. The fraction of sp³-hybridized carbons (Fsp3) is 0.231. The van der Waals surface area contributed by atoms with Gasteiger partial charge in [0.2, 0.25) is 0 Å². The minimum atomic E-state index is -0.453. The van der Waals surface area contributed by atoms with Gasteiger partial charge in [-0.15, -0.1) is 0 Å². The van der Waals surface area contributed by atoms with Crippen molar-refractivity contribution in [2.24, 2.45) is 0 Å². The molecular weight excluding hydrogens is 230 g/mol. The Labute approximate surface area is 105 Å². The van der Waals surface area contributed by atoms with E-state index in [0.717, 1.165) is 0 Å². The van der Waals surface area contributed by atoms with Crippen molar-refractivity contribution in [1.82, 2.24) is 0 Å². The molecule has 0 aliphatic rings. The molecule has 0 heterocycles. The minimum absolute atomic E-state index is 0.00831. The molecule has 0 N–H and O–H groups in total. The summed E-state index contributed by atoms with van der Waals surface area (Å²) in [6.07, 6.45) is 1.33. The molecule has 1 rings (SSSR count). The monoisotopic (exact) mass is 241 g/mol. The lowest BCUT2D eigenvalue weighted by atomic mass is 9.99. The van der Waals surface area contributed by atoms with Gasteiger partial charge in [0.1, 0.15) is 17.7 Å². The molecule has 90 valence electrons. The van der Waals surface area contributed by atoms with Gasteiger partial charge in [0, 0.05) is 11.6 Å². The van der Waals surface area contributed by atoms with E-state index < -0.39 is 4.92 Å². The van der Waals surface area contributed by atoms with Gasteiger partial charge in [0.15, 0.2) is 0 Å². The first-order chi connectivity index (χ1) is 8.49. The van der Waals surface area contributed by atoms with Gasteiger partial charge in [-0.25, -0.2) is 0 Å². The maximum Gasteiger partial charge on any atom is 0.273 e. The SMILES string of the molecule is CC(C)c1ccc(C=C(C#N)C#N)cc1[N+](=O)[O-]. The Balaban J connectivity index is 3.34. The highest BCUT2D eigenvalue weighted by Gasteiger charge is 2.16. The summed E-state index contributed by atoms with van der Waals surface area (Å²) >= 11 is 0. The van der Waals surface area contributed by atoms with Gasteiger partial charge >= 0.3 is 0 Å². The van der Waals surface area contributed by atoms with E-state index in [1.807, 2.05) is 13.8 Å². The summed E-state index contributed by atoms with van der Waals surface area (Å²) in [5, 5.41) is 28.2. The average molecular weight is 241 g/mol. The van der Waals surface area contributed by atoms with Gasteiger partial charge in [0.05, 0.1) is 4.92 Å². The molecule has 0 amide bonds. The summed E-state index contributed by atoms with van der Waals surface area (Å²) in [7, 11) is 0. The molecule has 0 aliphatic heterocycles. The topological polar surface area (TPSA) is 90.7 Å². The molecule has 0 atom stereocenters. The zero-order valence-corrected chi connectivity index (χ0v) is 10.0. The summed E-state index contributed by atoms with van der Waals surface area (Å²) in [4.78, 5) is 10.5. The number of benzene rings is 1. The van der Waals surface area contributed by atoms with Crippen molar-refractivity contribution in [1.29, 1.82) is 10.5 Å². The van der Waals surface area contributed by atoms with Crippen LogP contribution >= 0.6 is 0 Å². The van der Waals surface area contributed by atoms with Crippen molar-refractivity contribution < 1.29 is 4.92 Å². The van der Waals surface area contributed by atoms with Crippen LogP contribution < -0.4 is 0 Å². The van der Waals surface area contributed by atoms with Crippen LogP contribution in [0.1, 0.15) is 30.9 Å². The molecule has 0 fully saturated rings. The van der Waals surface area contributed by atoms with E-state index >= 15 is 0 Å². The molecule has 0 radical (unpaired) electrons. The van der Waals surface area contributed by atoms with E-state index in [2.05, 4.69) is 0 Å². The third-order valence-electron chi connectivity index (χ3n) is 2.43. The summed E-state index contributed by atoms with van der Waals surface area (Å²) in [6.45, 7) is 3.74. The third-order valence-corrected chi connectivity index (χ3v) is 2.43. The highest BCUT2D eigenvalue weighted by molar-refractivity contribution is 5.64. The third kappa shape index (κ3) is 2.93. The van der Waals surface area contributed by atoms with Gasteiger partial charge in [0.25, 0.3) is 5.69 Å². The number of nitro benzene ring substituents is 1. The first-order valence-corrected chi connectivity index (χ1v) is 5.29. The second-order valence-electron chi connectivity index (χ2n) is 4.01. The summed E-state index contributed by atoms with van der Waals surface area (Å²) in [6, 6.07) is 8.13. The first kappa shape index (κ1) is 13.4. The highest BCUT2D eigenvalue weighted by atomic mass is 16.6. The van der Waals surface area contributed by atoms with Gasteiger partial charge in [-0.1, -0.05) is 26.0 Å². The number of nitro groups is 1. The van der Waals surface area contributed by atoms with Gasteiger partial charge in [-0.3, -0.25) is 10.1 Å². The van der Waals surface area contributed by atoms with Crippen LogP contribution in [0.25, 0.3) is 6.08 Å². The van der Waals surface area contributed by atoms with Crippen molar-refractivity contribution in [3.8, 4) is 12.1 Å². The smallest absolute Gasteiger partial charge is 0.258 e. The van der Waals surface area contributed by atoms with Crippen LogP contribution in [0.15, 0.2) is 23.8 Å². The minimum Gasteiger partial charge on any atom is -0.258 e. The summed E-state index contributed by atoms with van der Waals surface area (Å²) in [5.41, 5.74) is 1.03. The molecular formula is C13H11N3O2. The standard InChI is InChI=1S/C13H11N3O2/c1-9(2)12-4-3-10(5-11(7-14)8-15)6-13(12)16(17)18/h3-6,9H,1-2H3. The van der Waals surface area contributed by atoms with E-state index in [4.69, 9.17) is 10.5 Å². The predicted octanol–water partition coefficient (Wildman–Crippen LogP) is 3.15. The van der Waals surface area contributed by atoms with Crippen molar-refractivity contribution in [2.45, 2.75) is 19.8 Å². The lowest BCUT2D eigenvalue weighted by Gasteiger charge is -2.06. The van der Waals surface area contributed by atoms with E-state index in [9.17, 15) is 10.1 Å². The maximum atomic E-state index is 11.0. The predicted molar refractivity (Wildman–Crippen MR) is 66.4 cm³/mol. The van der Waals surface area contributed by atoms with E-state index in [0.29, 0.717) is 11.1 Å². The quantitative estimate of drug-likeness (QED) is 0.461. The number of allylic oxidation sites excluding steroid dienone is 1. The lowest BCUT2D eigenvalue weighted by Crippen LogP contribution is -1.97. The van der Waals surface area contributed by atoms with Crippen LogP contribution in [-0.2, 0) is 0 Å². The van der Waals surface area contributed by atoms with Gasteiger partial charge < -0.3 is 0 Å². The Hall–Kier alpha value is -2.66. The van der Waals surface area contributed by atoms with E-state index in [-0.39, 0.29) is 17.2 Å². The molecule has 0 unspecified atom stereocenters. The van der Waals surface area contributed by atoms with Gasteiger partial charge in [-0.05, 0) is 17.6 Å². The molecule has 5 heteroatoms. The van der Waals surface area contributed by atoms with Gasteiger partial charge in [-0.2, -0.15) is 10.5 Å². The zero-order valence-electron chi connectivity index (χ0n) is 10.0. The highest BCUT2D eigenvalue weighted by Crippen LogP contribution is 2.27. The molecule has 18 heavy (non-hydrogen) atoms. The number of rotatable bonds is 3. The number of hydrogen-bond donors (Lipinski definition) is 0. The van der Waals surface area contributed by atoms with Crippen molar-refractivity contribution in [3.63, 3.8) is 0 Å². The zero-order chi connectivity index (χ0) is 13.7. The molecule has 0 bridgehead atoms. The molecule has 0 aromatic heterocycles. The fourth-order valence-electron chi connectivity index (χ4n) is 1.55. The Morgan fingerprint density at radius 1 is 1.39 bits per heavy atom.